The summed E-state index contributed by atoms with van der Waals surface area (Å²) >= 11 is 0. The highest BCUT2D eigenvalue weighted by molar-refractivity contribution is 7.92. The van der Waals surface area contributed by atoms with Crippen LogP contribution >= 0.6 is 0 Å². The van der Waals surface area contributed by atoms with Gasteiger partial charge in [0.1, 0.15) is 26.3 Å². The van der Waals surface area contributed by atoms with Gasteiger partial charge in [-0.05, 0) is 31.2 Å². The van der Waals surface area contributed by atoms with E-state index in [1.165, 1.54) is 11.8 Å². The highest BCUT2D eigenvalue weighted by Crippen LogP contribution is 2.35. The summed E-state index contributed by atoms with van der Waals surface area (Å²) in [7, 11) is -3.78. The molecule has 0 unspecified atom stereocenters. The molecule has 0 radical (unpaired) electrons. The van der Waals surface area contributed by atoms with E-state index in [1.807, 2.05) is 0 Å². The van der Waals surface area contributed by atoms with E-state index in [1.54, 1.807) is 42.5 Å². The van der Waals surface area contributed by atoms with Crippen molar-refractivity contribution in [2.45, 2.75) is 6.92 Å². The molecule has 0 atom stereocenters. The number of hydrogen-bond acceptors (Lipinski definition) is 6. The van der Waals surface area contributed by atoms with Crippen molar-refractivity contribution in [3.63, 3.8) is 0 Å². The number of benzene rings is 2. The molecule has 0 aliphatic carbocycles. The van der Waals surface area contributed by atoms with Crippen molar-refractivity contribution in [1.82, 2.24) is 0 Å². The summed E-state index contributed by atoms with van der Waals surface area (Å²) in [5.41, 5.74) is 1.33. The third kappa shape index (κ3) is 3.78. The van der Waals surface area contributed by atoms with Crippen LogP contribution in [0, 0.1) is 0 Å². The lowest BCUT2D eigenvalue weighted by Crippen LogP contribution is -2.48. The van der Waals surface area contributed by atoms with Crippen molar-refractivity contribution in [1.29, 1.82) is 0 Å². The van der Waals surface area contributed by atoms with Gasteiger partial charge in [-0.15, -0.1) is 0 Å². The lowest BCUT2D eigenvalue weighted by atomic mass is 10.2. The molecule has 0 saturated heterocycles. The van der Waals surface area contributed by atoms with Gasteiger partial charge < -0.3 is 14.8 Å². The molecule has 4 rings (SSSR count). The highest BCUT2D eigenvalue weighted by Gasteiger charge is 2.31. The van der Waals surface area contributed by atoms with Crippen LogP contribution in [0.25, 0.3) is 0 Å². The number of nitrogens with one attached hydrogen (secondary N) is 1. The van der Waals surface area contributed by atoms with Gasteiger partial charge in [0.2, 0.25) is 21.8 Å². The molecule has 0 bridgehead atoms. The first-order valence-corrected chi connectivity index (χ1v) is 11.1. The number of amides is 2. The minimum atomic E-state index is -3.78. The predicted molar refractivity (Wildman–Crippen MR) is 112 cm³/mol. The van der Waals surface area contributed by atoms with Gasteiger partial charge in [0.15, 0.2) is 11.5 Å². The van der Waals surface area contributed by atoms with Crippen LogP contribution in [0.3, 0.4) is 0 Å². The molecule has 0 aromatic heterocycles. The van der Waals surface area contributed by atoms with Gasteiger partial charge in [0, 0.05) is 6.07 Å². The second-order valence-electron chi connectivity index (χ2n) is 6.78. The van der Waals surface area contributed by atoms with Crippen LogP contribution in [-0.2, 0) is 19.6 Å². The fourth-order valence-electron chi connectivity index (χ4n) is 3.36. The van der Waals surface area contributed by atoms with Gasteiger partial charge >= 0.3 is 0 Å². The molecular weight excluding hydrogens is 410 g/mol. The molecule has 158 valence electrons. The maximum Gasteiger partial charge on any atom is 0.248 e. The van der Waals surface area contributed by atoms with Gasteiger partial charge in [-0.25, -0.2) is 8.42 Å². The van der Waals surface area contributed by atoms with Gasteiger partial charge in [-0.3, -0.25) is 18.8 Å². The molecule has 2 aliphatic heterocycles. The zero-order valence-electron chi connectivity index (χ0n) is 16.3. The minimum absolute atomic E-state index is 0.184. The van der Waals surface area contributed by atoms with E-state index in [4.69, 9.17) is 9.47 Å². The van der Waals surface area contributed by atoms with Gasteiger partial charge in [0.05, 0.1) is 22.8 Å². The van der Waals surface area contributed by atoms with Gasteiger partial charge in [0.25, 0.3) is 0 Å². The zero-order chi connectivity index (χ0) is 21.3. The molecule has 0 spiro atoms. The number of anilines is 3. The molecule has 2 heterocycles. The number of ether oxygens (including phenoxy) is 2. The Hall–Kier alpha value is -3.27. The first kappa shape index (κ1) is 20.0. The first-order chi connectivity index (χ1) is 14.4. The van der Waals surface area contributed by atoms with Crippen LogP contribution in [0.4, 0.5) is 17.1 Å². The van der Waals surface area contributed by atoms with Crippen molar-refractivity contribution in [3.8, 4) is 11.5 Å². The molecular formula is C20H21N3O6S. The number of carbonyl (C=O) groups is 2. The van der Waals surface area contributed by atoms with Crippen LogP contribution in [-0.4, -0.2) is 52.3 Å². The number of hydrogen-bond donors (Lipinski definition) is 1. The number of rotatable bonds is 5. The van der Waals surface area contributed by atoms with Crippen molar-refractivity contribution >= 4 is 38.9 Å². The summed E-state index contributed by atoms with van der Waals surface area (Å²) in [5, 5.41) is 2.71. The summed E-state index contributed by atoms with van der Waals surface area (Å²) in [5.74, 6) is -0.0984. The first-order valence-electron chi connectivity index (χ1n) is 9.48. The third-order valence-electron chi connectivity index (χ3n) is 4.86. The van der Waals surface area contributed by atoms with Crippen LogP contribution in [0.15, 0.2) is 42.5 Å². The second-order valence-corrected chi connectivity index (χ2v) is 8.96. The lowest BCUT2D eigenvalue weighted by molar-refractivity contribution is -0.121. The van der Waals surface area contributed by atoms with E-state index in [0.29, 0.717) is 41.8 Å². The monoisotopic (exact) mass is 431 g/mol. The Balaban J connectivity index is 1.67. The number of para-hydroxylation sites is 2. The largest absolute Gasteiger partial charge is 0.486 e. The normalized spacial score (nSPS) is 15.2. The van der Waals surface area contributed by atoms with Gasteiger partial charge in [-0.1, -0.05) is 12.1 Å². The fourth-order valence-corrected chi connectivity index (χ4v) is 4.41. The maximum absolute atomic E-state index is 13.1. The number of nitrogens with zero attached hydrogens (tertiary/aromatic N) is 2. The van der Waals surface area contributed by atoms with Crippen LogP contribution in [0.2, 0.25) is 0 Å². The molecule has 2 amide bonds. The second kappa shape index (κ2) is 7.86. The summed E-state index contributed by atoms with van der Waals surface area (Å²) < 4.78 is 37.7. The average molecular weight is 431 g/mol. The highest BCUT2D eigenvalue weighted by atomic mass is 32.2. The predicted octanol–water partition coefficient (Wildman–Crippen LogP) is 1.60. The Morgan fingerprint density at radius 1 is 1.13 bits per heavy atom. The summed E-state index contributed by atoms with van der Waals surface area (Å²) in [6, 6.07) is 11.6. The van der Waals surface area contributed by atoms with E-state index in [9.17, 15) is 18.0 Å². The van der Waals surface area contributed by atoms with Crippen LogP contribution < -0.4 is 24.0 Å². The summed E-state index contributed by atoms with van der Waals surface area (Å²) in [6.07, 6.45) is 0. The molecule has 9 nitrogen and oxygen atoms in total. The molecule has 10 heteroatoms. The Morgan fingerprint density at radius 3 is 2.63 bits per heavy atom. The van der Waals surface area contributed by atoms with Crippen molar-refractivity contribution in [3.05, 3.63) is 42.5 Å². The Bertz CT molecular complexity index is 1100. The molecule has 2 aromatic rings. The summed E-state index contributed by atoms with van der Waals surface area (Å²) in [4.78, 5) is 26.5. The third-order valence-corrected chi connectivity index (χ3v) is 6.61. The topological polar surface area (TPSA) is 105 Å². The van der Waals surface area contributed by atoms with E-state index < -0.39 is 22.5 Å². The fraction of sp³-hybridized carbons (Fsp3) is 0.300. The maximum atomic E-state index is 13.1. The number of fused-ring (bicyclic) bond motifs is 2. The van der Waals surface area contributed by atoms with Crippen LogP contribution in [0.1, 0.15) is 6.92 Å². The average Bonchev–Trinajstić information content (AvgIpc) is 2.76. The summed E-state index contributed by atoms with van der Waals surface area (Å²) in [6.45, 7) is 1.65. The molecule has 1 N–H and O–H groups in total. The van der Waals surface area contributed by atoms with Crippen LogP contribution in [0.5, 0.6) is 11.5 Å². The standard InChI is InChI=1S/C20H21N3O6S/c1-2-30(26,27)23(14-7-8-17-18(11-14)29-10-9-28-17)13-20(25)22-12-19(24)21-15-5-3-4-6-16(15)22/h3-8,11H,2,9-10,12-13H2,1H3,(H,21,24). The Labute approximate surface area is 174 Å². The molecule has 2 aliphatic rings. The smallest absolute Gasteiger partial charge is 0.248 e. The Morgan fingerprint density at radius 2 is 1.87 bits per heavy atom. The van der Waals surface area contributed by atoms with E-state index in [0.717, 1.165) is 4.31 Å². The minimum Gasteiger partial charge on any atom is -0.486 e. The molecule has 0 saturated carbocycles. The number of sulfonamides is 1. The lowest BCUT2D eigenvalue weighted by Gasteiger charge is -2.32. The quantitative estimate of drug-likeness (QED) is 0.771. The Kier molecular flexibility index (Phi) is 5.25. The van der Waals surface area contributed by atoms with E-state index in [-0.39, 0.29) is 18.2 Å². The SMILES string of the molecule is CCS(=O)(=O)N(CC(=O)N1CC(=O)Nc2ccccc21)c1ccc2c(c1)OCCO2. The van der Waals surface area contributed by atoms with Gasteiger partial charge in [-0.2, -0.15) is 0 Å². The molecule has 30 heavy (non-hydrogen) atoms. The number of carbonyl (C=O) groups excluding carboxylic acids is 2. The van der Waals surface area contributed by atoms with Crippen molar-refractivity contribution < 1.29 is 27.5 Å². The zero-order valence-corrected chi connectivity index (χ0v) is 17.1. The van der Waals surface area contributed by atoms with Crippen molar-refractivity contribution in [2.75, 3.05) is 46.6 Å². The van der Waals surface area contributed by atoms with Crippen molar-refractivity contribution in [2.24, 2.45) is 0 Å². The molecule has 0 fully saturated rings. The van der Waals surface area contributed by atoms with E-state index in [2.05, 4.69) is 5.32 Å². The van der Waals surface area contributed by atoms with E-state index >= 15 is 0 Å². The molecule has 2 aromatic carbocycles.